The number of rotatable bonds is 7. The van der Waals surface area contributed by atoms with Crippen molar-refractivity contribution in [3.8, 4) is 5.75 Å². The first-order chi connectivity index (χ1) is 14.3. The highest BCUT2D eigenvalue weighted by Gasteiger charge is 2.18. The lowest BCUT2D eigenvalue weighted by Crippen LogP contribution is -2.17. The second kappa shape index (κ2) is 8.96. The van der Waals surface area contributed by atoms with Crippen LogP contribution in [0.4, 0.5) is 15.8 Å². The van der Waals surface area contributed by atoms with Gasteiger partial charge in [0.15, 0.2) is 0 Å². The molecular weight excluding hydrogens is 407 g/mol. The summed E-state index contributed by atoms with van der Waals surface area (Å²) in [6, 6.07) is 16.8. The van der Waals surface area contributed by atoms with E-state index in [4.69, 9.17) is 4.74 Å². The molecule has 8 heteroatoms. The minimum Gasteiger partial charge on any atom is -0.497 e. The number of carbonyl (C=O) groups is 1. The Kier molecular flexibility index (Phi) is 6.37. The van der Waals surface area contributed by atoms with Crippen LogP contribution in [0.15, 0.2) is 71.6 Å². The van der Waals surface area contributed by atoms with Crippen LogP contribution in [0.2, 0.25) is 0 Å². The smallest absolute Gasteiger partial charge is 0.262 e. The molecule has 156 valence electrons. The summed E-state index contributed by atoms with van der Waals surface area (Å²) in [4.78, 5) is 12.3. The standard InChI is InChI=1S/C22H21FN2O4S/c1-15-3-8-19(24-22(26)13-16-4-6-17(23)7-5-16)14-21(15)30(27,28)25-18-9-11-20(29-2)12-10-18/h3-12,14,25H,13H2,1-2H3,(H,24,26). The van der Waals surface area contributed by atoms with E-state index in [0.29, 0.717) is 28.3 Å². The number of methoxy groups -OCH3 is 1. The summed E-state index contributed by atoms with van der Waals surface area (Å²) in [5, 5.41) is 2.68. The lowest BCUT2D eigenvalue weighted by molar-refractivity contribution is -0.115. The van der Waals surface area contributed by atoms with Crippen molar-refractivity contribution in [2.45, 2.75) is 18.2 Å². The van der Waals surface area contributed by atoms with Crippen LogP contribution in [0.1, 0.15) is 11.1 Å². The SMILES string of the molecule is COc1ccc(NS(=O)(=O)c2cc(NC(=O)Cc3ccc(F)cc3)ccc2C)cc1. The molecule has 0 unspecified atom stereocenters. The van der Waals surface area contributed by atoms with Crippen molar-refractivity contribution in [3.05, 3.63) is 83.7 Å². The van der Waals surface area contributed by atoms with Gasteiger partial charge in [-0.15, -0.1) is 0 Å². The number of carbonyl (C=O) groups excluding carboxylic acids is 1. The summed E-state index contributed by atoms with van der Waals surface area (Å²) >= 11 is 0. The highest BCUT2D eigenvalue weighted by molar-refractivity contribution is 7.92. The quantitative estimate of drug-likeness (QED) is 0.593. The largest absolute Gasteiger partial charge is 0.497 e. The van der Waals surface area contributed by atoms with Gasteiger partial charge in [0.25, 0.3) is 10.0 Å². The molecule has 0 aromatic heterocycles. The molecular formula is C22H21FN2O4S. The number of nitrogens with one attached hydrogen (secondary N) is 2. The van der Waals surface area contributed by atoms with Crippen molar-refractivity contribution in [2.75, 3.05) is 17.1 Å². The summed E-state index contributed by atoms with van der Waals surface area (Å²) in [7, 11) is -2.34. The van der Waals surface area contributed by atoms with Gasteiger partial charge in [-0.05, 0) is 66.6 Å². The third-order valence-corrected chi connectivity index (χ3v) is 5.90. The molecule has 0 saturated carbocycles. The number of anilines is 2. The van der Waals surface area contributed by atoms with Crippen molar-refractivity contribution in [1.82, 2.24) is 0 Å². The van der Waals surface area contributed by atoms with E-state index >= 15 is 0 Å². The van der Waals surface area contributed by atoms with E-state index in [2.05, 4.69) is 10.0 Å². The number of hydrogen-bond donors (Lipinski definition) is 2. The van der Waals surface area contributed by atoms with Gasteiger partial charge in [-0.3, -0.25) is 9.52 Å². The van der Waals surface area contributed by atoms with Crippen LogP contribution in [0, 0.1) is 12.7 Å². The molecule has 3 rings (SSSR count). The number of sulfonamides is 1. The van der Waals surface area contributed by atoms with Crippen LogP contribution in [-0.2, 0) is 21.2 Å². The number of hydrogen-bond acceptors (Lipinski definition) is 4. The van der Waals surface area contributed by atoms with Gasteiger partial charge in [0.05, 0.1) is 18.4 Å². The molecule has 2 N–H and O–H groups in total. The Labute approximate surface area is 174 Å². The lowest BCUT2D eigenvalue weighted by Gasteiger charge is -2.13. The normalized spacial score (nSPS) is 11.0. The highest BCUT2D eigenvalue weighted by Crippen LogP contribution is 2.24. The van der Waals surface area contributed by atoms with Crippen LogP contribution in [0.5, 0.6) is 5.75 Å². The number of halogens is 1. The summed E-state index contributed by atoms with van der Waals surface area (Å²) in [5.74, 6) is -0.103. The molecule has 0 bridgehead atoms. The van der Waals surface area contributed by atoms with Crippen LogP contribution in [0.25, 0.3) is 0 Å². The Morgan fingerprint density at radius 1 is 0.967 bits per heavy atom. The molecule has 0 aliphatic heterocycles. The fourth-order valence-electron chi connectivity index (χ4n) is 2.83. The Balaban J connectivity index is 1.76. The van der Waals surface area contributed by atoms with Gasteiger partial charge in [0.1, 0.15) is 11.6 Å². The fraction of sp³-hybridized carbons (Fsp3) is 0.136. The molecule has 0 heterocycles. The first-order valence-corrected chi connectivity index (χ1v) is 10.6. The van der Waals surface area contributed by atoms with E-state index in [1.807, 2.05) is 0 Å². The maximum atomic E-state index is 13.0. The van der Waals surface area contributed by atoms with Crippen molar-refractivity contribution in [3.63, 3.8) is 0 Å². The molecule has 0 aliphatic carbocycles. The Morgan fingerprint density at radius 2 is 1.60 bits per heavy atom. The van der Waals surface area contributed by atoms with Gasteiger partial charge in [-0.25, -0.2) is 12.8 Å². The van der Waals surface area contributed by atoms with Gasteiger partial charge in [0.2, 0.25) is 5.91 Å². The average Bonchev–Trinajstić information content (AvgIpc) is 2.71. The molecule has 0 atom stereocenters. The summed E-state index contributed by atoms with van der Waals surface area (Å²) in [5.41, 5.74) is 1.92. The zero-order chi connectivity index (χ0) is 21.7. The van der Waals surface area contributed by atoms with Crippen molar-refractivity contribution in [2.24, 2.45) is 0 Å². The number of aryl methyl sites for hydroxylation is 1. The van der Waals surface area contributed by atoms with Gasteiger partial charge in [-0.2, -0.15) is 0 Å². The monoisotopic (exact) mass is 428 g/mol. The number of ether oxygens (including phenoxy) is 1. The lowest BCUT2D eigenvalue weighted by atomic mass is 10.1. The van der Waals surface area contributed by atoms with Crippen molar-refractivity contribution in [1.29, 1.82) is 0 Å². The third-order valence-electron chi connectivity index (χ3n) is 4.38. The van der Waals surface area contributed by atoms with Gasteiger partial charge >= 0.3 is 0 Å². The topological polar surface area (TPSA) is 84.5 Å². The maximum Gasteiger partial charge on any atom is 0.262 e. The van der Waals surface area contributed by atoms with Crippen LogP contribution in [-0.4, -0.2) is 21.4 Å². The molecule has 30 heavy (non-hydrogen) atoms. The Hall–Kier alpha value is -3.39. The number of benzene rings is 3. The molecule has 0 saturated heterocycles. The second-order valence-electron chi connectivity index (χ2n) is 6.67. The first-order valence-electron chi connectivity index (χ1n) is 9.08. The molecule has 6 nitrogen and oxygen atoms in total. The third kappa shape index (κ3) is 5.36. The molecule has 3 aromatic rings. The summed E-state index contributed by atoms with van der Waals surface area (Å²) < 4.78 is 46.3. The first kappa shape index (κ1) is 21.3. The highest BCUT2D eigenvalue weighted by atomic mass is 32.2. The van der Waals surface area contributed by atoms with Crippen LogP contribution in [0.3, 0.4) is 0 Å². The molecule has 0 radical (unpaired) electrons. The van der Waals surface area contributed by atoms with E-state index in [1.54, 1.807) is 43.3 Å². The van der Waals surface area contributed by atoms with E-state index in [1.165, 1.54) is 37.4 Å². The van der Waals surface area contributed by atoms with Gasteiger partial charge in [0, 0.05) is 11.4 Å². The number of amides is 1. The van der Waals surface area contributed by atoms with Crippen LogP contribution < -0.4 is 14.8 Å². The predicted molar refractivity (Wildman–Crippen MR) is 114 cm³/mol. The summed E-state index contributed by atoms with van der Waals surface area (Å²) in [6.07, 6.45) is 0.0420. The molecule has 3 aromatic carbocycles. The van der Waals surface area contributed by atoms with Crippen molar-refractivity contribution < 1.29 is 22.3 Å². The van der Waals surface area contributed by atoms with E-state index in [0.717, 1.165) is 0 Å². The molecule has 0 fully saturated rings. The predicted octanol–water partition coefficient (Wildman–Crippen LogP) is 4.12. The zero-order valence-electron chi connectivity index (χ0n) is 16.5. The van der Waals surface area contributed by atoms with Crippen LogP contribution >= 0.6 is 0 Å². The average molecular weight is 428 g/mol. The van der Waals surface area contributed by atoms with E-state index < -0.39 is 10.0 Å². The van der Waals surface area contributed by atoms with Crippen molar-refractivity contribution >= 4 is 27.3 Å². The molecule has 1 amide bonds. The Bertz CT molecular complexity index is 1140. The second-order valence-corrected chi connectivity index (χ2v) is 8.32. The minimum absolute atomic E-state index is 0.0420. The Morgan fingerprint density at radius 3 is 2.23 bits per heavy atom. The summed E-state index contributed by atoms with van der Waals surface area (Å²) in [6.45, 7) is 1.67. The fourth-order valence-corrected chi connectivity index (χ4v) is 4.16. The molecule has 0 spiro atoms. The van der Waals surface area contributed by atoms with E-state index in [9.17, 15) is 17.6 Å². The molecule has 0 aliphatic rings. The van der Waals surface area contributed by atoms with E-state index in [-0.39, 0.29) is 23.0 Å². The zero-order valence-corrected chi connectivity index (χ0v) is 17.3. The van der Waals surface area contributed by atoms with Gasteiger partial charge in [-0.1, -0.05) is 18.2 Å². The van der Waals surface area contributed by atoms with Gasteiger partial charge < -0.3 is 10.1 Å². The maximum absolute atomic E-state index is 13.0. The minimum atomic E-state index is -3.87.